The number of aryl methyl sites for hydroxylation is 2. The number of aliphatic hydroxyl groups is 1. The number of rotatable bonds is 5. The van der Waals surface area contributed by atoms with E-state index < -0.39 is 0 Å². The van der Waals surface area contributed by atoms with Crippen LogP contribution in [-0.2, 0) is 13.0 Å². The summed E-state index contributed by atoms with van der Waals surface area (Å²) >= 11 is 0. The summed E-state index contributed by atoms with van der Waals surface area (Å²) < 4.78 is 1.93. The lowest BCUT2D eigenvalue weighted by atomic mass is 10.0. The molecule has 1 aliphatic rings. The number of hydrogen-bond donors (Lipinski definition) is 2. The Balaban J connectivity index is 1.40. The largest absolute Gasteiger partial charge is 0.391 e. The van der Waals surface area contributed by atoms with Crippen molar-refractivity contribution in [3.63, 3.8) is 0 Å². The first-order chi connectivity index (χ1) is 12.6. The second-order valence-corrected chi connectivity index (χ2v) is 7.35. The van der Waals surface area contributed by atoms with Crippen molar-refractivity contribution in [2.24, 2.45) is 5.92 Å². The van der Waals surface area contributed by atoms with Crippen molar-refractivity contribution in [3.05, 3.63) is 65.2 Å². The van der Waals surface area contributed by atoms with Gasteiger partial charge in [-0.1, -0.05) is 18.2 Å². The van der Waals surface area contributed by atoms with Gasteiger partial charge in [-0.25, -0.2) is 4.68 Å². The molecule has 6 heteroatoms. The molecule has 26 heavy (non-hydrogen) atoms. The van der Waals surface area contributed by atoms with Crippen LogP contribution in [0.25, 0.3) is 5.69 Å². The molecule has 2 unspecified atom stereocenters. The van der Waals surface area contributed by atoms with Gasteiger partial charge in [-0.05, 0) is 38.0 Å². The lowest BCUT2D eigenvalue weighted by molar-refractivity contribution is 0.140. The van der Waals surface area contributed by atoms with Gasteiger partial charge in [0.15, 0.2) is 0 Å². The molecular weight excluding hydrogens is 326 g/mol. The van der Waals surface area contributed by atoms with E-state index in [1.165, 1.54) is 5.56 Å². The molecule has 1 fully saturated rings. The van der Waals surface area contributed by atoms with E-state index in [2.05, 4.69) is 51.5 Å². The Morgan fingerprint density at radius 3 is 2.85 bits per heavy atom. The molecule has 0 saturated carbocycles. The molecule has 0 radical (unpaired) electrons. The van der Waals surface area contributed by atoms with Gasteiger partial charge < -0.3 is 5.11 Å². The average molecular weight is 351 g/mol. The standard InChI is InChI=1S/C20H25N5O/c1-14-5-3-4-6-19(14)25-11-16(9-21-25)10-24-12-17(20(26)13-24)8-18-7-15(2)22-23-18/h3-7,9,11,17,20,26H,8,10,12-13H2,1-2H3,(H,22,23). The zero-order valence-corrected chi connectivity index (χ0v) is 15.3. The van der Waals surface area contributed by atoms with E-state index in [1.54, 1.807) is 0 Å². The molecular formula is C20H25N5O. The zero-order chi connectivity index (χ0) is 18.1. The third kappa shape index (κ3) is 3.57. The van der Waals surface area contributed by atoms with Crippen molar-refractivity contribution >= 4 is 0 Å². The van der Waals surface area contributed by atoms with Crippen LogP contribution in [-0.4, -0.2) is 49.2 Å². The van der Waals surface area contributed by atoms with E-state index in [-0.39, 0.29) is 12.0 Å². The molecule has 0 amide bonds. The first-order valence-electron chi connectivity index (χ1n) is 9.09. The smallest absolute Gasteiger partial charge is 0.0711 e. The quantitative estimate of drug-likeness (QED) is 0.740. The number of aliphatic hydroxyl groups excluding tert-OH is 1. The number of β-amino-alcohol motifs (C(OH)–C–C–N with tert-alkyl or cyclic N) is 1. The third-order valence-corrected chi connectivity index (χ3v) is 5.12. The Morgan fingerprint density at radius 2 is 2.08 bits per heavy atom. The van der Waals surface area contributed by atoms with Gasteiger partial charge in [-0.15, -0.1) is 0 Å². The number of aromatic nitrogens is 4. The summed E-state index contributed by atoms with van der Waals surface area (Å²) in [4.78, 5) is 2.30. The van der Waals surface area contributed by atoms with Gasteiger partial charge in [0, 0.05) is 43.0 Å². The Hall–Kier alpha value is -2.44. The Labute approximate surface area is 153 Å². The minimum Gasteiger partial charge on any atom is -0.391 e. The molecule has 1 aromatic carbocycles. The van der Waals surface area contributed by atoms with E-state index in [0.29, 0.717) is 6.54 Å². The maximum absolute atomic E-state index is 10.4. The van der Waals surface area contributed by atoms with Crippen LogP contribution in [0, 0.1) is 19.8 Å². The van der Waals surface area contributed by atoms with Crippen LogP contribution in [0.15, 0.2) is 42.7 Å². The van der Waals surface area contributed by atoms with Crippen molar-refractivity contribution in [1.29, 1.82) is 0 Å². The molecule has 6 nitrogen and oxygen atoms in total. The van der Waals surface area contributed by atoms with E-state index in [0.717, 1.165) is 42.1 Å². The predicted octanol–water partition coefficient (Wildman–Crippen LogP) is 2.25. The predicted molar refractivity (Wildman–Crippen MR) is 100 cm³/mol. The number of H-pyrrole nitrogens is 1. The number of hydrogen-bond acceptors (Lipinski definition) is 4. The summed E-state index contributed by atoms with van der Waals surface area (Å²) in [5.41, 5.74) is 5.56. The van der Waals surface area contributed by atoms with E-state index in [9.17, 15) is 5.11 Å². The normalized spacial score (nSPS) is 20.7. The van der Waals surface area contributed by atoms with E-state index in [1.807, 2.05) is 29.9 Å². The molecule has 0 spiro atoms. The maximum Gasteiger partial charge on any atom is 0.0711 e. The third-order valence-electron chi connectivity index (χ3n) is 5.12. The number of nitrogens with one attached hydrogen (secondary N) is 1. The van der Waals surface area contributed by atoms with E-state index in [4.69, 9.17) is 0 Å². The van der Waals surface area contributed by atoms with Crippen LogP contribution < -0.4 is 0 Å². The topological polar surface area (TPSA) is 70.0 Å². The molecule has 2 N–H and O–H groups in total. The summed E-state index contributed by atoms with van der Waals surface area (Å²) in [5, 5.41) is 22.2. The number of para-hydroxylation sites is 1. The van der Waals surface area contributed by atoms with Crippen LogP contribution in [0.1, 0.15) is 22.5 Å². The van der Waals surface area contributed by atoms with Crippen LogP contribution in [0.3, 0.4) is 0 Å². The van der Waals surface area contributed by atoms with Crippen molar-refractivity contribution < 1.29 is 5.11 Å². The summed E-state index contributed by atoms with van der Waals surface area (Å²) in [6.45, 7) is 6.47. The van der Waals surface area contributed by atoms with Crippen LogP contribution in [0.2, 0.25) is 0 Å². The monoisotopic (exact) mass is 351 g/mol. The van der Waals surface area contributed by atoms with Gasteiger partial charge >= 0.3 is 0 Å². The van der Waals surface area contributed by atoms with Gasteiger partial charge in [-0.3, -0.25) is 10.00 Å². The van der Waals surface area contributed by atoms with Crippen molar-refractivity contribution in [1.82, 2.24) is 24.9 Å². The Kier molecular flexibility index (Phi) is 4.61. The second-order valence-electron chi connectivity index (χ2n) is 7.35. The lowest BCUT2D eigenvalue weighted by Crippen LogP contribution is -2.21. The summed E-state index contributed by atoms with van der Waals surface area (Å²) in [5.74, 6) is 0.226. The molecule has 3 heterocycles. The fraction of sp³-hybridized carbons (Fsp3) is 0.400. The van der Waals surface area contributed by atoms with Gasteiger partial charge in [0.05, 0.1) is 23.7 Å². The molecule has 0 aliphatic carbocycles. The molecule has 1 aliphatic heterocycles. The summed E-state index contributed by atoms with van der Waals surface area (Å²) in [7, 11) is 0. The van der Waals surface area contributed by atoms with Crippen LogP contribution >= 0.6 is 0 Å². The summed E-state index contributed by atoms with van der Waals surface area (Å²) in [6, 6.07) is 10.3. The molecule has 3 aromatic rings. The first kappa shape index (κ1) is 17.0. The van der Waals surface area contributed by atoms with Crippen molar-refractivity contribution in [2.75, 3.05) is 13.1 Å². The maximum atomic E-state index is 10.4. The fourth-order valence-electron chi connectivity index (χ4n) is 3.77. The molecule has 2 atom stereocenters. The first-order valence-corrected chi connectivity index (χ1v) is 9.09. The van der Waals surface area contributed by atoms with Crippen LogP contribution in [0.5, 0.6) is 0 Å². The highest BCUT2D eigenvalue weighted by molar-refractivity contribution is 5.39. The highest BCUT2D eigenvalue weighted by Gasteiger charge is 2.31. The highest BCUT2D eigenvalue weighted by atomic mass is 16.3. The number of likely N-dealkylation sites (tertiary alicyclic amines) is 1. The number of benzene rings is 1. The minimum atomic E-state index is -0.307. The molecule has 0 bridgehead atoms. The Morgan fingerprint density at radius 1 is 1.23 bits per heavy atom. The van der Waals surface area contributed by atoms with E-state index >= 15 is 0 Å². The molecule has 4 rings (SSSR count). The second kappa shape index (κ2) is 7.05. The highest BCUT2D eigenvalue weighted by Crippen LogP contribution is 2.23. The molecule has 2 aromatic heterocycles. The summed E-state index contributed by atoms with van der Waals surface area (Å²) in [6.07, 6.45) is 4.51. The van der Waals surface area contributed by atoms with Gasteiger partial charge in [0.25, 0.3) is 0 Å². The molecule has 1 saturated heterocycles. The zero-order valence-electron chi connectivity index (χ0n) is 15.3. The fourth-order valence-corrected chi connectivity index (χ4v) is 3.77. The van der Waals surface area contributed by atoms with Crippen LogP contribution in [0.4, 0.5) is 0 Å². The SMILES string of the molecule is Cc1cc(CC2CN(Cc3cnn(-c4ccccc4C)c3)CC2O)n[nH]1. The number of aromatic amines is 1. The van der Waals surface area contributed by atoms with Gasteiger partial charge in [0.1, 0.15) is 0 Å². The lowest BCUT2D eigenvalue weighted by Gasteiger charge is -2.14. The van der Waals surface area contributed by atoms with Gasteiger partial charge in [-0.2, -0.15) is 10.2 Å². The van der Waals surface area contributed by atoms with Gasteiger partial charge in [0.2, 0.25) is 0 Å². The average Bonchev–Trinajstić information content (AvgIpc) is 3.31. The minimum absolute atomic E-state index is 0.226. The molecule has 136 valence electrons. The van der Waals surface area contributed by atoms with Crippen molar-refractivity contribution in [2.45, 2.75) is 32.9 Å². The van der Waals surface area contributed by atoms with Crippen molar-refractivity contribution in [3.8, 4) is 5.69 Å². The Bertz CT molecular complexity index is 884. The number of nitrogens with zero attached hydrogens (tertiary/aromatic N) is 4.